The number of carbonyl (C=O) groups excluding carboxylic acids is 2. The first-order chi connectivity index (χ1) is 8.95. The largest absolute Gasteiger partial charge is 0.462 e. The highest BCUT2D eigenvalue weighted by atomic mass is 35.5. The summed E-state index contributed by atoms with van der Waals surface area (Å²) in [6.45, 7) is 1.78. The third kappa shape index (κ3) is 4.53. The van der Waals surface area contributed by atoms with Crippen LogP contribution in [0.2, 0.25) is 0 Å². The number of benzene rings is 1. The van der Waals surface area contributed by atoms with Gasteiger partial charge in [0.1, 0.15) is 0 Å². The molecular weight excluding hydrogens is 294 g/mol. The Kier molecular flexibility index (Phi) is 5.78. The Hall–Kier alpha value is -1.60. The molecule has 0 aliphatic heterocycles. The zero-order chi connectivity index (χ0) is 14.4. The van der Waals surface area contributed by atoms with Gasteiger partial charge in [-0.2, -0.15) is 0 Å². The smallest absolute Gasteiger partial charge is 0.339 e. The molecule has 0 aliphatic carbocycles. The van der Waals surface area contributed by atoms with Gasteiger partial charge in [0.2, 0.25) is 5.24 Å². The monoisotopic (exact) mass is 303 g/mol. The topological polar surface area (TPSA) is 86.5 Å². The molecule has 0 radical (unpaired) electrons. The van der Waals surface area contributed by atoms with Crippen LogP contribution in [0, 0.1) is 10.1 Å². The Labute approximate surface area is 118 Å². The fraction of sp³-hybridized carbons (Fsp3) is 0.273. The molecule has 0 fully saturated rings. The summed E-state index contributed by atoms with van der Waals surface area (Å²) in [5, 5.41) is 10.1. The van der Waals surface area contributed by atoms with Crippen molar-refractivity contribution in [2.45, 2.75) is 11.8 Å². The second-order valence-electron chi connectivity index (χ2n) is 3.30. The van der Waals surface area contributed by atoms with Crippen molar-refractivity contribution in [3.8, 4) is 0 Å². The van der Waals surface area contributed by atoms with Crippen molar-refractivity contribution >= 4 is 40.3 Å². The lowest BCUT2D eigenvalue weighted by molar-refractivity contribution is -0.384. The van der Waals surface area contributed by atoms with E-state index in [1.807, 2.05) is 0 Å². The molecule has 8 heteroatoms. The number of hydrogen-bond donors (Lipinski definition) is 0. The van der Waals surface area contributed by atoms with E-state index in [0.717, 1.165) is 17.8 Å². The van der Waals surface area contributed by atoms with Crippen LogP contribution in [0.25, 0.3) is 0 Å². The van der Waals surface area contributed by atoms with E-state index in [-0.39, 0.29) is 23.6 Å². The molecule has 102 valence electrons. The van der Waals surface area contributed by atoms with Gasteiger partial charge in [0, 0.05) is 17.0 Å². The van der Waals surface area contributed by atoms with Crippen molar-refractivity contribution in [1.82, 2.24) is 0 Å². The Bertz CT molecular complexity index is 520. The van der Waals surface area contributed by atoms with Crippen LogP contribution >= 0.6 is 23.4 Å². The minimum absolute atomic E-state index is 0.0359. The van der Waals surface area contributed by atoms with Crippen molar-refractivity contribution in [3.63, 3.8) is 0 Å². The molecule has 1 aromatic rings. The van der Waals surface area contributed by atoms with Crippen LogP contribution in [0.3, 0.4) is 0 Å². The van der Waals surface area contributed by atoms with E-state index in [2.05, 4.69) is 0 Å². The maximum absolute atomic E-state index is 11.7. The molecule has 6 nitrogen and oxygen atoms in total. The molecule has 0 bridgehead atoms. The quantitative estimate of drug-likeness (QED) is 0.264. The van der Waals surface area contributed by atoms with E-state index in [1.165, 1.54) is 12.1 Å². The third-order valence-electron chi connectivity index (χ3n) is 2.01. The molecule has 0 saturated carbocycles. The van der Waals surface area contributed by atoms with Gasteiger partial charge >= 0.3 is 5.97 Å². The number of hydrogen-bond acceptors (Lipinski definition) is 6. The summed E-state index contributed by atoms with van der Waals surface area (Å²) >= 11 is 6.24. The van der Waals surface area contributed by atoms with Gasteiger partial charge in [-0.1, -0.05) is 0 Å². The number of ether oxygens (including phenoxy) is 1. The van der Waals surface area contributed by atoms with Gasteiger partial charge in [-0.3, -0.25) is 14.9 Å². The maximum Gasteiger partial charge on any atom is 0.339 e. The molecule has 1 rings (SSSR count). The maximum atomic E-state index is 11.7. The van der Waals surface area contributed by atoms with Gasteiger partial charge in [0.15, 0.2) is 0 Å². The minimum atomic E-state index is -0.671. The van der Waals surface area contributed by atoms with Crippen LogP contribution in [0.1, 0.15) is 17.3 Å². The number of nitrogens with zero attached hydrogens (tertiary/aromatic N) is 1. The summed E-state index contributed by atoms with van der Waals surface area (Å²) < 4.78 is 4.82. The van der Waals surface area contributed by atoms with Gasteiger partial charge in [-0.05, 0) is 24.6 Å². The van der Waals surface area contributed by atoms with Crippen molar-refractivity contribution in [3.05, 3.63) is 33.9 Å². The zero-order valence-corrected chi connectivity index (χ0v) is 11.5. The van der Waals surface area contributed by atoms with Gasteiger partial charge in [-0.25, -0.2) is 4.79 Å². The number of halogens is 1. The van der Waals surface area contributed by atoms with E-state index < -0.39 is 16.1 Å². The molecule has 0 aliphatic rings. The van der Waals surface area contributed by atoms with E-state index in [9.17, 15) is 19.7 Å². The lowest BCUT2D eigenvalue weighted by Crippen LogP contribution is -2.07. The molecule has 0 atom stereocenters. The zero-order valence-electron chi connectivity index (χ0n) is 9.92. The summed E-state index contributed by atoms with van der Waals surface area (Å²) in [5.74, 6) is -0.707. The van der Waals surface area contributed by atoms with Gasteiger partial charge in [-0.15, -0.1) is 11.8 Å². The summed E-state index contributed by atoms with van der Waals surface area (Å²) in [6.07, 6.45) is 0. The molecule has 19 heavy (non-hydrogen) atoms. The van der Waals surface area contributed by atoms with E-state index in [4.69, 9.17) is 16.3 Å². The van der Waals surface area contributed by atoms with Crippen LogP contribution in [0.15, 0.2) is 23.1 Å². The summed E-state index contributed by atoms with van der Waals surface area (Å²) in [5.41, 5.74) is -0.163. The van der Waals surface area contributed by atoms with Gasteiger partial charge < -0.3 is 4.74 Å². The number of esters is 1. The lowest BCUT2D eigenvalue weighted by Gasteiger charge is -2.07. The molecule has 1 aromatic carbocycles. The average Bonchev–Trinajstić information content (AvgIpc) is 2.36. The number of carbonyl (C=O) groups is 2. The van der Waals surface area contributed by atoms with E-state index >= 15 is 0 Å². The fourth-order valence-corrected chi connectivity index (χ4v) is 2.15. The van der Waals surface area contributed by atoms with Gasteiger partial charge in [0.05, 0.1) is 22.8 Å². The number of nitro groups is 1. The predicted molar refractivity (Wildman–Crippen MR) is 70.6 cm³/mol. The van der Waals surface area contributed by atoms with E-state index in [0.29, 0.717) is 4.90 Å². The molecular formula is C11H10ClNO5S. The lowest BCUT2D eigenvalue weighted by atomic mass is 10.2. The molecule has 0 saturated heterocycles. The standard InChI is InChI=1S/C11H10ClNO5S/c1-2-18-11(15)8-5-7(13(16)17)3-4-9(8)19-6-10(12)14/h3-5H,2,6H2,1H3. The number of non-ortho nitro benzene ring substituents is 1. The average molecular weight is 304 g/mol. The Morgan fingerprint density at radius 1 is 1.47 bits per heavy atom. The van der Waals surface area contributed by atoms with Crippen molar-refractivity contribution in [1.29, 1.82) is 0 Å². The first kappa shape index (κ1) is 15.5. The molecule has 0 heterocycles. The van der Waals surface area contributed by atoms with Crippen LogP contribution in [-0.2, 0) is 9.53 Å². The first-order valence-electron chi connectivity index (χ1n) is 5.22. The SMILES string of the molecule is CCOC(=O)c1cc([N+](=O)[O-])ccc1SCC(=O)Cl. The Morgan fingerprint density at radius 3 is 2.68 bits per heavy atom. The number of rotatable bonds is 6. The molecule has 0 spiro atoms. The first-order valence-corrected chi connectivity index (χ1v) is 6.58. The van der Waals surface area contributed by atoms with Crippen molar-refractivity contribution < 1.29 is 19.2 Å². The molecule has 0 unspecified atom stereocenters. The normalized spacial score (nSPS) is 10.0. The van der Waals surface area contributed by atoms with Gasteiger partial charge in [0.25, 0.3) is 5.69 Å². The Balaban J connectivity index is 3.10. The second-order valence-corrected chi connectivity index (χ2v) is 4.74. The predicted octanol–water partition coefficient (Wildman–Crippen LogP) is 2.63. The third-order valence-corrected chi connectivity index (χ3v) is 3.38. The van der Waals surface area contributed by atoms with Crippen molar-refractivity contribution in [2.75, 3.05) is 12.4 Å². The van der Waals surface area contributed by atoms with Crippen LogP contribution in [-0.4, -0.2) is 28.5 Å². The number of nitro benzene ring substituents is 1. The number of thioether (sulfide) groups is 1. The molecule has 0 aromatic heterocycles. The highest BCUT2D eigenvalue weighted by Gasteiger charge is 2.18. The summed E-state index contributed by atoms with van der Waals surface area (Å²) in [4.78, 5) is 32.9. The fourth-order valence-electron chi connectivity index (χ4n) is 1.26. The second kappa shape index (κ2) is 7.10. The molecule has 0 N–H and O–H groups in total. The van der Waals surface area contributed by atoms with E-state index in [1.54, 1.807) is 6.92 Å². The Morgan fingerprint density at radius 2 is 2.16 bits per heavy atom. The molecule has 0 amide bonds. The highest BCUT2D eigenvalue weighted by Crippen LogP contribution is 2.27. The van der Waals surface area contributed by atoms with Crippen LogP contribution in [0.5, 0.6) is 0 Å². The van der Waals surface area contributed by atoms with Crippen LogP contribution in [0.4, 0.5) is 5.69 Å². The summed E-state index contributed by atoms with van der Waals surface area (Å²) in [6, 6.07) is 3.78. The van der Waals surface area contributed by atoms with Crippen molar-refractivity contribution in [2.24, 2.45) is 0 Å². The summed E-state index contributed by atoms with van der Waals surface area (Å²) in [7, 11) is 0. The van der Waals surface area contributed by atoms with Crippen LogP contribution < -0.4 is 0 Å². The minimum Gasteiger partial charge on any atom is -0.462 e. The highest BCUT2D eigenvalue weighted by molar-refractivity contribution is 8.00.